The Labute approximate surface area is 139 Å². The molecule has 0 spiro atoms. The van der Waals surface area contributed by atoms with Crippen LogP contribution in [0.25, 0.3) is 0 Å². The number of nitrogens with two attached hydrogens (primary N) is 1. The third kappa shape index (κ3) is 4.50. The van der Waals surface area contributed by atoms with Gasteiger partial charge >= 0.3 is 0 Å². The van der Waals surface area contributed by atoms with Gasteiger partial charge in [0.15, 0.2) is 16.6 Å². The van der Waals surface area contributed by atoms with Crippen molar-refractivity contribution in [1.82, 2.24) is 10.3 Å². The Balaban J connectivity index is 1.85. The average Bonchev–Trinajstić information content (AvgIpc) is 2.91. The van der Waals surface area contributed by atoms with Crippen LogP contribution in [-0.4, -0.2) is 25.7 Å². The number of methoxy groups -OCH3 is 2. The van der Waals surface area contributed by atoms with E-state index < -0.39 is 0 Å². The van der Waals surface area contributed by atoms with Gasteiger partial charge in [-0.2, -0.15) is 0 Å². The maximum atomic E-state index is 6.10. The molecule has 0 amide bonds. The molecule has 1 heterocycles. The second-order valence-electron chi connectivity index (χ2n) is 4.76. The molecule has 0 saturated heterocycles. The summed E-state index contributed by atoms with van der Waals surface area (Å²) in [5.74, 6) is 1.36. The lowest BCUT2D eigenvalue weighted by molar-refractivity contribution is 0.350. The van der Waals surface area contributed by atoms with Crippen LogP contribution in [0.15, 0.2) is 17.5 Å². The second-order valence-corrected chi connectivity index (χ2v) is 6.08. The van der Waals surface area contributed by atoms with Gasteiger partial charge in [0.25, 0.3) is 0 Å². The van der Waals surface area contributed by atoms with E-state index in [1.807, 2.05) is 11.4 Å². The van der Waals surface area contributed by atoms with Crippen molar-refractivity contribution >= 4 is 28.1 Å². The van der Waals surface area contributed by atoms with Crippen molar-refractivity contribution in [1.29, 1.82) is 0 Å². The molecule has 3 N–H and O–H groups in total. The highest BCUT2D eigenvalue weighted by Crippen LogP contribution is 2.34. The zero-order valence-corrected chi connectivity index (χ0v) is 14.3. The summed E-state index contributed by atoms with van der Waals surface area (Å²) >= 11 is 7.57. The Bertz CT molecular complexity index is 619. The van der Waals surface area contributed by atoms with Crippen LogP contribution in [-0.2, 0) is 13.0 Å². The molecule has 0 aliphatic heterocycles. The minimum absolute atomic E-state index is 0.624. The number of aromatic nitrogens is 1. The summed E-state index contributed by atoms with van der Waals surface area (Å²) in [4.78, 5) is 4.24. The molecule has 0 bridgehead atoms. The quantitative estimate of drug-likeness (QED) is 0.722. The van der Waals surface area contributed by atoms with Crippen LogP contribution in [0.5, 0.6) is 11.5 Å². The fourth-order valence-electron chi connectivity index (χ4n) is 2.19. The lowest BCUT2D eigenvalue weighted by atomic mass is 10.1. The van der Waals surface area contributed by atoms with E-state index in [2.05, 4.69) is 10.3 Å². The summed E-state index contributed by atoms with van der Waals surface area (Å²) in [6, 6.07) is 3.63. The van der Waals surface area contributed by atoms with E-state index >= 15 is 0 Å². The Morgan fingerprint density at radius 1 is 1.32 bits per heavy atom. The topological polar surface area (TPSA) is 69.4 Å². The van der Waals surface area contributed by atoms with Crippen LogP contribution in [0.1, 0.15) is 17.7 Å². The smallest absolute Gasteiger partial charge is 0.180 e. The van der Waals surface area contributed by atoms with Crippen LogP contribution in [0.2, 0.25) is 5.02 Å². The van der Waals surface area contributed by atoms with Gasteiger partial charge in [-0.1, -0.05) is 11.6 Å². The van der Waals surface area contributed by atoms with Gasteiger partial charge in [0.05, 0.1) is 19.9 Å². The molecule has 5 nitrogen and oxygen atoms in total. The molecule has 7 heteroatoms. The number of thiazole rings is 1. The van der Waals surface area contributed by atoms with Crippen molar-refractivity contribution in [3.05, 3.63) is 33.8 Å². The molecule has 1 aromatic carbocycles. The number of nitrogens with zero attached hydrogens (tertiary/aromatic N) is 1. The predicted octanol–water partition coefficient (Wildman–Crippen LogP) is 3.12. The number of anilines is 1. The summed E-state index contributed by atoms with van der Waals surface area (Å²) in [6.45, 7) is 1.54. The highest BCUT2D eigenvalue weighted by molar-refractivity contribution is 7.13. The monoisotopic (exact) mass is 341 g/mol. The lowest BCUT2D eigenvalue weighted by Crippen LogP contribution is -2.16. The first kappa shape index (κ1) is 16.9. The van der Waals surface area contributed by atoms with Gasteiger partial charge in [-0.05, 0) is 25.5 Å². The summed E-state index contributed by atoms with van der Waals surface area (Å²) in [5.41, 5.74) is 7.64. The minimum Gasteiger partial charge on any atom is -0.493 e. The first-order valence-corrected chi connectivity index (χ1v) is 8.20. The number of benzene rings is 1. The summed E-state index contributed by atoms with van der Waals surface area (Å²) in [7, 11) is 3.23. The average molecular weight is 342 g/mol. The highest BCUT2D eigenvalue weighted by atomic mass is 35.5. The van der Waals surface area contributed by atoms with E-state index in [1.54, 1.807) is 20.3 Å². The van der Waals surface area contributed by atoms with Crippen molar-refractivity contribution in [2.24, 2.45) is 0 Å². The van der Waals surface area contributed by atoms with Crippen molar-refractivity contribution in [2.75, 3.05) is 26.5 Å². The van der Waals surface area contributed by atoms with Gasteiger partial charge in [0.1, 0.15) is 0 Å². The number of rotatable bonds is 8. The zero-order valence-electron chi connectivity index (χ0n) is 12.7. The van der Waals surface area contributed by atoms with Gasteiger partial charge < -0.3 is 20.5 Å². The molecule has 0 radical (unpaired) electrons. The Hall–Kier alpha value is -1.50. The summed E-state index contributed by atoms with van der Waals surface area (Å²) in [6.07, 6.45) is 1.90. The molecular formula is C15H20ClN3O2S. The number of halogens is 1. The van der Waals surface area contributed by atoms with Gasteiger partial charge in [-0.15, -0.1) is 11.3 Å². The Morgan fingerprint density at radius 3 is 2.77 bits per heavy atom. The Morgan fingerprint density at radius 2 is 2.14 bits per heavy atom. The molecule has 0 aliphatic rings. The van der Waals surface area contributed by atoms with Crippen LogP contribution in [0, 0.1) is 0 Å². The first-order valence-electron chi connectivity index (χ1n) is 6.95. The lowest BCUT2D eigenvalue weighted by Gasteiger charge is -2.14. The number of hydrogen-bond donors (Lipinski definition) is 2. The van der Waals surface area contributed by atoms with Gasteiger partial charge in [0, 0.05) is 28.6 Å². The van der Waals surface area contributed by atoms with Crippen molar-refractivity contribution < 1.29 is 9.47 Å². The zero-order chi connectivity index (χ0) is 15.9. The Kier molecular flexibility index (Phi) is 6.30. The number of ether oxygens (including phenoxy) is 2. The number of hydrogen-bond acceptors (Lipinski definition) is 6. The minimum atomic E-state index is 0.624. The molecule has 22 heavy (non-hydrogen) atoms. The van der Waals surface area contributed by atoms with Crippen LogP contribution < -0.4 is 20.5 Å². The van der Waals surface area contributed by atoms with E-state index in [9.17, 15) is 0 Å². The molecule has 0 fully saturated rings. The number of aryl methyl sites for hydroxylation is 1. The maximum absolute atomic E-state index is 6.10. The van der Waals surface area contributed by atoms with Gasteiger partial charge in [0.2, 0.25) is 0 Å². The molecule has 0 saturated carbocycles. The molecule has 0 atom stereocenters. The van der Waals surface area contributed by atoms with E-state index in [-0.39, 0.29) is 0 Å². The third-order valence-corrected chi connectivity index (χ3v) is 4.13. The van der Waals surface area contributed by atoms with Crippen molar-refractivity contribution in [3.8, 4) is 11.5 Å². The largest absolute Gasteiger partial charge is 0.493 e. The van der Waals surface area contributed by atoms with Gasteiger partial charge in [-0.25, -0.2) is 4.98 Å². The SMILES string of the molecule is COc1cc(Cl)cc(CNCCCc2csc(N)n2)c1OC. The molecule has 2 aromatic rings. The molecule has 120 valence electrons. The molecule has 0 unspecified atom stereocenters. The summed E-state index contributed by atoms with van der Waals surface area (Å²) in [5, 5.41) is 6.64. The fourth-order valence-corrected chi connectivity index (χ4v) is 3.02. The third-order valence-electron chi connectivity index (χ3n) is 3.19. The molecule has 2 rings (SSSR count). The van der Waals surface area contributed by atoms with Gasteiger partial charge in [-0.3, -0.25) is 0 Å². The number of nitrogen functional groups attached to an aromatic ring is 1. The van der Waals surface area contributed by atoms with Crippen molar-refractivity contribution in [3.63, 3.8) is 0 Å². The number of nitrogens with one attached hydrogen (secondary N) is 1. The standard InChI is InChI=1S/C15H20ClN3O2S/c1-20-13-7-11(16)6-10(14(13)21-2)8-18-5-3-4-12-9-22-15(17)19-12/h6-7,9,18H,3-5,8H2,1-2H3,(H2,17,19). The van der Waals surface area contributed by atoms with E-state index in [4.69, 9.17) is 26.8 Å². The highest BCUT2D eigenvalue weighted by Gasteiger charge is 2.11. The molecular weight excluding hydrogens is 322 g/mol. The fraction of sp³-hybridized carbons (Fsp3) is 0.400. The van der Waals surface area contributed by atoms with Crippen molar-refractivity contribution in [2.45, 2.75) is 19.4 Å². The van der Waals surface area contributed by atoms with E-state index in [0.29, 0.717) is 28.2 Å². The molecule has 1 aromatic heterocycles. The van der Waals surface area contributed by atoms with Crippen LogP contribution in [0.3, 0.4) is 0 Å². The van der Waals surface area contributed by atoms with E-state index in [1.165, 1.54) is 11.3 Å². The summed E-state index contributed by atoms with van der Waals surface area (Å²) < 4.78 is 10.7. The van der Waals surface area contributed by atoms with E-state index in [0.717, 1.165) is 30.6 Å². The molecule has 0 aliphatic carbocycles. The van der Waals surface area contributed by atoms with Crippen LogP contribution >= 0.6 is 22.9 Å². The maximum Gasteiger partial charge on any atom is 0.180 e. The first-order chi connectivity index (χ1) is 10.6. The normalized spacial score (nSPS) is 10.7. The predicted molar refractivity (Wildman–Crippen MR) is 91.1 cm³/mol. The van der Waals surface area contributed by atoms with Crippen LogP contribution in [0.4, 0.5) is 5.13 Å². The second kappa shape index (κ2) is 8.22.